The number of hydrogen-bond acceptors (Lipinski definition) is 4. The Morgan fingerprint density at radius 1 is 1.48 bits per heavy atom. The van der Waals surface area contributed by atoms with E-state index in [4.69, 9.17) is 8.92 Å². The average molecular weight is 414 g/mol. The lowest BCUT2D eigenvalue weighted by molar-refractivity contribution is -0.0341. The molecule has 1 amide bonds. The van der Waals surface area contributed by atoms with E-state index in [-0.39, 0.29) is 5.56 Å². The quantitative estimate of drug-likeness (QED) is 0.511. The minimum Gasteiger partial charge on any atom is -0.443 e. The smallest absolute Gasteiger partial charge is 0.423 e. The highest BCUT2D eigenvalue weighted by atomic mass is 79.9. The van der Waals surface area contributed by atoms with Gasteiger partial charge in [-0.25, -0.2) is 22.3 Å². The fourth-order valence-electron chi connectivity index (χ4n) is 2.08. The van der Waals surface area contributed by atoms with Gasteiger partial charge in [-0.3, -0.25) is 4.18 Å². The zero-order chi connectivity index (χ0) is 17.4. The lowest BCUT2D eigenvalue weighted by Crippen LogP contribution is -2.51. The summed E-state index contributed by atoms with van der Waals surface area (Å²) in [5, 5.41) is 0. The molecular weight excluding hydrogens is 399 g/mol. The summed E-state index contributed by atoms with van der Waals surface area (Å²) in [5.41, 5.74) is -3.48. The molecule has 0 spiro atoms. The van der Waals surface area contributed by atoms with Gasteiger partial charge in [-0.15, -0.1) is 0 Å². The summed E-state index contributed by atoms with van der Waals surface area (Å²) in [7, 11) is 0. The Balaban J connectivity index is 2.51. The Hall–Kier alpha value is -0.930. The predicted octanol–water partition coefficient (Wildman–Crippen LogP) is 4.88. The van der Waals surface area contributed by atoms with Crippen molar-refractivity contribution in [3.05, 3.63) is 34.1 Å². The first kappa shape index (κ1) is 18.4. The van der Waals surface area contributed by atoms with Gasteiger partial charge in [-0.2, -0.15) is 0 Å². The summed E-state index contributed by atoms with van der Waals surface area (Å²) >= 11 is 3.56. The Kier molecular flexibility index (Phi) is 5.22. The molecule has 0 radical (unpaired) electrons. The van der Waals surface area contributed by atoms with Crippen LogP contribution in [0.25, 0.3) is 0 Å². The zero-order valence-electron chi connectivity index (χ0n) is 12.6. The molecule has 0 saturated carbocycles. The second-order valence-corrected chi connectivity index (χ2v) is 7.63. The molecule has 9 heteroatoms. The van der Waals surface area contributed by atoms with Gasteiger partial charge in [0, 0.05) is 10.0 Å². The van der Waals surface area contributed by atoms with Crippen molar-refractivity contribution in [1.29, 1.82) is 0 Å². The molecule has 1 aliphatic rings. The zero-order valence-corrected chi connectivity index (χ0v) is 15.0. The molecule has 0 bridgehead atoms. The van der Waals surface area contributed by atoms with Crippen molar-refractivity contribution in [2.24, 2.45) is 0 Å². The number of rotatable bonds is 2. The molecular formula is C14H15BrF3NO3S. The van der Waals surface area contributed by atoms with Crippen LogP contribution in [0.15, 0.2) is 22.7 Å². The molecule has 1 unspecified atom stereocenters. The summed E-state index contributed by atoms with van der Waals surface area (Å²) in [6.45, 7) is 4.27. The van der Waals surface area contributed by atoms with Crippen LogP contribution in [-0.4, -0.2) is 29.0 Å². The van der Waals surface area contributed by atoms with E-state index in [1.807, 2.05) is 0 Å². The van der Waals surface area contributed by atoms with Crippen LogP contribution in [0.4, 0.5) is 18.0 Å². The number of hydrogen-bond donors (Lipinski definition) is 0. The SMILES string of the molecule is CC(C)(C)OC(=O)N1SOCC1(c1cc(Br)ccc1F)C(F)F. The maximum absolute atomic E-state index is 14.2. The Labute approximate surface area is 144 Å². The Morgan fingerprint density at radius 3 is 2.70 bits per heavy atom. The largest absolute Gasteiger partial charge is 0.443 e. The van der Waals surface area contributed by atoms with Crippen LogP contribution < -0.4 is 0 Å². The normalized spacial score (nSPS) is 21.8. The Morgan fingerprint density at radius 2 is 2.13 bits per heavy atom. The summed E-state index contributed by atoms with van der Waals surface area (Å²) in [6.07, 6.45) is -4.09. The molecule has 1 heterocycles. The summed E-state index contributed by atoms with van der Waals surface area (Å²) < 4.78 is 53.2. The van der Waals surface area contributed by atoms with Crippen molar-refractivity contribution < 1.29 is 26.9 Å². The molecule has 128 valence electrons. The van der Waals surface area contributed by atoms with Crippen LogP contribution in [-0.2, 0) is 14.5 Å². The minimum atomic E-state index is -3.08. The van der Waals surface area contributed by atoms with Crippen molar-refractivity contribution in [2.45, 2.75) is 38.3 Å². The van der Waals surface area contributed by atoms with Gasteiger partial charge >= 0.3 is 6.09 Å². The third-order valence-corrected chi connectivity index (χ3v) is 4.42. The molecule has 1 aromatic rings. The fourth-order valence-corrected chi connectivity index (χ4v) is 3.24. The van der Waals surface area contributed by atoms with E-state index < -0.39 is 36.1 Å². The van der Waals surface area contributed by atoms with Crippen LogP contribution in [0.2, 0.25) is 0 Å². The minimum absolute atomic E-state index is 0.335. The fraction of sp³-hybridized carbons (Fsp3) is 0.500. The van der Waals surface area contributed by atoms with Gasteiger partial charge in [-0.05, 0) is 39.0 Å². The van der Waals surface area contributed by atoms with Gasteiger partial charge in [0.25, 0.3) is 6.43 Å². The van der Waals surface area contributed by atoms with Crippen molar-refractivity contribution in [3.8, 4) is 0 Å². The number of benzene rings is 1. The lowest BCUT2D eigenvalue weighted by Gasteiger charge is -2.35. The van der Waals surface area contributed by atoms with Gasteiger partial charge in [-0.1, -0.05) is 15.9 Å². The number of halogens is 4. The average Bonchev–Trinajstić information content (AvgIpc) is 2.85. The first-order chi connectivity index (χ1) is 10.6. The number of amides is 1. The van der Waals surface area contributed by atoms with E-state index in [2.05, 4.69) is 15.9 Å². The lowest BCUT2D eigenvalue weighted by atomic mass is 9.90. The number of alkyl halides is 2. The van der Waals surface area contributed by atoms with Gasteiger partial charge in [0.05, 0.1) is 6.61 Å². The van der Waals surface area contributed by atoms with Crippen LogP contribution in [0.1, 0.15) is 26.3 Å². The topological polar surface area (TPSA) is 38.8 Å². The highest BCUT2D eigenvalue weighted by Gasteiger charge is 2.57. The summed E-state index contributed by atoms with van der Waals surface area (Å²) in [5.74, 6) is -0.854. The molecule has 2 rings (SSSR count). The molecule has 0 N–H and O–H groups in total. The molecule has 23 heavy (non-hydrogen) atoms. The van der Waals surface area contributed by atoms with Crippen LogP contribution in [0, 0.1) is 5.82 Å². The second kappa shape index (κ2) is 6.52. The third kappa shape index (κ3) is 3.61. The molecule has 1 atom stereocenters. The van der Waals surface area contributed by atoms with Crippen LogP contribution in [0.5, 0.6) is 0 Å². The van der Waals surface area contributed by atoms with E-state index in [1.165, 1.54) is 12.1 Å². The highest BCUT2D eigenvalue weighted by molar-refractivity contribution is 9.10. The van der Waals surface area contributed by atoms with Crippen molar-refractivity contribution in [1.82, 2.24) is 4.31 Å². The first-order valence-corrected chi connectivity index (χ1v) is 8.13. The molecule has 0 aliphatic carbocycles. The van der Waals surface area contributed by atoms with Crippen LogP contribution in [0.3, 0.4) is 0 Å². The van der Waals surface area contributed by atoms with E-state index in [1.54, 1.807) is 20.8 Å². The molecule has 0 aromatic heterocycles. The van der Waals surface area contributed by atoms with E-state index in [0.29, 0.717) is 21.0 Å². The maximum atomic E-state index is 14.2. The third-order valence-electron chi connectivity index (χ3n) is 3.08. The number of ether oxygens (including phenoxy) is 1. The number of carbonyl (C=O) groups is 1. The maximum Gasteiger partial charge on any atom is 0.423 e. The van der Waals surface area contributed by atoms with E-state index in [9.17, 15) is 18.0 Å². The monoisotopic (exact) mass is 413 g/mol. The first-order valence-electron chi connectivity index (χ1n) is 6.64. The van der Waals surface area contributed by atoms with Crippen molar-refractivity contribution in [3.63, 3.8) is 0 Å². The molecule has 4 nitrogen and oxygen atoms in total. The predicted molar refractivity (Wildman–Crippen MR) is 83.4 cm³/mol. The van der Waals surface area contributed by atoms with Crippen LogP contribution >= 0.6 is 28.2 Å². The van der Waals surface area contributed by atoms with Crippen molar-refractivity contribution in [2.75, 3.05) is 6.61 Å². The van der Waals surface area contributed by atoms with E-state index in [0.717, 1.165) is 6.07 Å². The van der Waals surface area contributed by atoms with Gasteiger partial charge in [0.15, 0.2) is 5.54 Å². The molecule has 1 fully saturated rings. The number of carbonyl (C=O) groups excluding carboxylic acids is 1. The second-order valence-electron chi connectivity index (χ2n) is 5.96. The summed E-state index contributed by atoms with van der Waals surface area (Å²) in [4.78, 5) is 12.3. The Bertz CT molecular complexity index is 611. The van der Waals surface area contributed by atoms with Gasteiger partial charge in [0.2, 0.25) is 0 Å². The van der Waals surface area contributed by atoms with E-state index >= 15 is 0 Å². The summed E-state index contributed by atoms with van der Waals surface area (Å²) in [6, 6.07) is 3.66. The highest BCUT2D eigenvalue weighted by Crippen LogP contribution is 2.47. The van der Waals surface area contributed by atoms with Gasteiger partial charge in [0.1, 0.15) is 23.6 Å². The van der Waals surface area contributed by atoms with Crippen molar-refractivity contribution >= 4 is 34.3 Å². The molecule has 1 saturated heterocycles. The van der Waals surface area contributed by atoms with Gasteiger partial charge < -0.3 is 4.74 Å². The molecule has 1 aliphatic heterocycles. The standard InChI is InChI=1S/C14H15BrF3NO3S/c1-13(2,3)22-12(20)19-14(11(17)18,7-21-23-19)9-6-8(15)4-5-10(9)16/h4-6,11H,7H2,1-3H3. The number of nitrogens with zero attached hydrogens (tertiary/aromatic N) is 1. The molecule has 1 aromatic carbocycles.